The molecule has 1 saturated carbocycles. The number of carbonyl (C=O) groups excluding carboxylic acids is 1. The van der Waals surface area contributed by atoms with E-state index in [4.69, 9.17) is 5.11 Å². The van der Waals surface area contributed by atoms with Crippen LogP contribution in [0.25, 0.3) is 0 Å². The van der Waals surface area contributed by atoms with Gasteiger partial charge in [-0.2, -0.15) is 0 Å². The van der Waals surface area contributed by atoms with Crippen LogP contribution in [0.15, 0.2) is 0 Å². The second-order valence-corrected chi connectivity index (χ2v) is 8.39. The van der Waals surface area contributed by atoms with Crippen molar-refractivity contribution < 1.29 is 23.1 Å². The minimum atomic E-state index is -2.94. The highest BCUT2D eigenvalue weighted by atomic mass is 32.2. The molecule has 2 amide bonds. The molecule has 21 heavy (non-hydrogen) atoms. The molecule has 1 aliphatic heterocycles. The Morgan fingerprint density at radius 1 is 1.24 bits per heavy atom. The third-order valence-corrected chi connectivity index (χ3v) is 6.14. The smallest absolute Gasteiger partial charge is 0.315 e. The van der Waals surface area contributed by atoms with Crippen LogP contribution in [0.3, 0.4) is 0 Å². The van der Waals surface area contributed by atoms with Crippen LogP contribution < -0.4 is 10.6 Å². The van der Waals surface area contributed by atoms with Gasteiger partial charge in [-0.3, -0.25) is 4.79 Å². The van der Waals surface area contributed by atoms with Crippen molar-refractivity contribution in [2.45, 2.75) is 44.1 Å². The number of rotatable bonds is 5. The van der Waals surface area contributed by atoms with Crippen LogP contribution in [0, 0.1) is 5.92 Å². The molecule has 0 spiro atoms. The van der Waals surface area contributed by atoms with Gasteiger partial charge in [0.05, 0.1) is 23.5 Å². The number of carboxylic acid groups (broad SMARTS) is 1. The van der Waals surface area contributed by atoms with E-state index in [1.165, 1.54) is 0 Å². The fraction of sp³-hybridized carbons (Fsp3) is 0.846. The van der Waals surface area contributed by atoms with Crippen molar-refractivity contribution in [1.29, 1.82) is 0 Å². The number of carbonyl (C=O) groups is 2. The summed E-state index contributed by atoms with van der Waals surface area (Å²) in [6, 6.07) is -0.401. The average Bonchev–Trinajstić information content (AvgIpc) is 2.93. The first kappa shape index (κ1) is 16.1. The van der Waals surface area contributed by atoms with E-state index in [1.807, 2.05) is 0 Å². The van der Waals surface area contributed by atoms with E-state index in [0.717, 1.165) is 12.8 Å². The maximum absolute atomic E-state index is 11.9. The molecule has 1 unspecified atom stereocenters. The Hall–Kier alpha value is -1.31. The topological polar surface area (TPSA) is 113 Å². The molecule has 2 rings (SSSR count). The second kappa shape index (κ2) is 6.21. The van der Waals surface area contributed by atoms with E-state index in [2.05, 4.69) is 10.6 Å². The fourth-order valence-corrected chi connectivity index (χ4v) is 5.10. The third-order valence-electron chi connectivity index (χ3n) is 4.31. The molecular weight excluding hydrogens is 296 g/mol. The zero-order valence-corrected chi connectivity index (χ0v) is 12.7. The first-order chi connectivity index (χ1) is 9.80. The lowest BCUT2D eigenvalue weighted by Crippen LogP contribution is -2.52. The Morgan fingerprint density at radius 3 is 2.43 bits per heavy atom. The molecule has 120 valence electrons. The van der Waals surface area contributed by atoms with Crippen molar-refractivity contribution in [2.75, 3.05) is 18.1 Å². The summed E-state index contributed by atoms with van der Waals surface area (Å²) < 4.78 is 22.7. The van der Waals surface area contributed by atoms with Gasteiger partial charge in [0, 0.05) is 6.54 Å². The van der Waals surface area contributed by atoms with Crippen LogP contribution in [-0.4, -0.2) is 49.1 Å². The monoisotopic (exact) mass is 318 g/mol. The Bertz CT molecular complexity index is 511. The summed E-state index contributed by atoms with van der Waals surface area (Å²) in [5.74, 6) is -0.656. The van der Waals surface area contributed by atoms with Crippen molar-refractivity contribution in [3.05, 3.63) is 0 Å². The number of sulfone groups is 1. The summed E-state index contributed by atoms with van der Waals surface area (Å²) >= 11 is 0. The van der Waals surface area contributed by atoms with Crippen molar-refractivity contribution in [2.24, 2.45) is 5.92 Å². The van der Waals surface area contributed by atoms with Crippen LogP contribution in [0.4, 0.5) is 4.79 Å². The van der Waals surface area contributed by atoms with Crippen LogP contribution >= 0.6 is 0 Å². The lowest BCUT2D eigenvalue weighted by atomic mass is 9.93. The number of urea groups is 1. The average molecular weight is 318 g/mol. The minimum absolute atomic E-state index is 0.0419. The third kappa shape index (κ3) is 4.59. The molecule has 7 nitrogen and oxygen atoms in total. The zero-order valence-electron chi connectivity index (χ0n) is 11.9. The van der Waals surface area contributed by atoms with Crippen molar-refractivity contribution in [3.8, 4) is 0 Å². The van der Waals surface area contributed by atoms with Crippen LogP contribution in [0.2, 0.25) is 0 Å². The van der Waals surface area contributed by atoms with E-state index < -0.39 is 27.4 Å². The van der Waals surface area contributed by atoms with Crippen molar-refractivity contribution >= 4 is 21.8 Å². The van der Waals surface area contributed by atoms with Crippen LogP contribution in [0.1, 0.15) is 38.5 Å². The van der Waals surface area contributed by atoms with Crippen LogP contribution in [-0.2, 0) is 14.6 Å². The van der Waals surface area contributed by atoms with E-state index in [9.17, 15) is 18.0 Å². The summed E-state index contributed by atoms with van der Waals surface area (Å²) in [4.78, 5) is 22.9. The molecule has 0 aromatic carbocycles. The maximum atomic E-state index is 11.9. The van der Waals surface area contributed by atoms with Crippen LogP contribution in [0.5, 0.6) is 0 Å². The molecule has 0 bridgehead atoms. The maximum Gasteiger partial charge on any atom is 0.315 e. The predicted octanol–water partition coefficient (Wildman–Crippen LogP) is 0.508. The number of hydrogen-bond acceptors (Lipinski definition) is 4. The van der Waals surface area contributed by atoms with E-state index in [-0.39, 0.29) is 23.8 Å². The fourth-order valence-electron chi connectivity index (χ4n) is 3.24. The first-order valence-electron chi connectivity index (χ1n) is 7.29. The zero-order chi connectivity index (χ0) is 15.5. The molecule has 0 radical (unpaired) electrons. The summed E-state index contributed by atoms with van der Waals surface area (Å²) in [7, 11) is -2.94. The summed E-state index contributed by atoms with van der Waals surface area (Å²) in [5.41, 5.74) is -0.655. The Labute approximate surface area is 124 Å². The SMILES string of the molecule is O=C(O)CC1(NC(=O)NCC2CCS(=O)(=O)C2)CCCC1. The van der Waals surface area contributed by atoms with Gasteiger partial charge in [0.25, 0.3) is 0 Å². The number of amides is 2. The second-order valence-electron chi connectivity index (χ2n) is 6.16. The molecule has 2 fully saturated rings. The summed E-state index contributed by atoms with van der Waals surface area (Å²) in [6.45, 7) is 0.314. The standard InChI is InChI=1S/C13H22N2O5S/c16-11(17)7-13(4-1-2-5-13)15-12(18)14-8-10-3-6-21(19,20)9-10/h10H,1-9H2,(H,16,17)(H2,14,15,18). The van der Waals surface area contributed by atoms with Gasteiger partial charge in [-0.15, -0.1) is 0 Å². The quantitative estimate of drug-likeness (QED) is 0.683. The van der Waals surface area contributed by atoms with Gasteiger partial charge in [0.15, 0.2) is 9.84 Å². The van der Waals surface area contributed by atoms with Gasteiger partial charge < -0.3 is 15.7 Å². The number of nitrogens with one attached hydrogen (secondary N) is 2. The molecule has 1 atom stereocenters. The largest absolute Gasteiger partial charge is 0.481 e. The Morgan fingerprint density at radius 2 is 1.90 bits per heavy atom. The molecule has 8 heteroatoms. The first-order valence-corrected chi connectivity index (χ1v) is 9.11. The lowest BCUT2D eigenvalue weighted by Gasteiger charge is -2.29. The highest BCUT2D eigenvalue weighted by molar-refractivity contribution is 7.91. The molecule has 1 heterocycles. The van der Waals surface area contributed by atoms with Gasteiger partial charge in [-0.1, -0.05) is 12.8 Å². The molecule has 0 aromatic heterocycles. The highest BCUT2D eigenvalue weighted by Crippen LogP contribution is 2.32. The molecule has 1 saturated heterocycles. The van der Waals surface area contributed by atoms with Gasteiger partial charge in [0.2, 0.25) is 0 Å². The number of aliphatic carboxylic acids is 1. The predicted molar refractivity (Wildman–Crippen MR) is 76.7 cm³/mol. The highest BCUT2D eigenvalue weighted by Gasteiger charge is 2.37. The van der Waals surface area contributed by atoms with Gasteiger partial charge in [-0.25, -0.2) is 13.2 Å². The van der Waals surface area contributed by atoms with Crippen molar-refractivity contribution in [1.82, 2.24) is 10.6 Å². The molecule has 2 aliphatic rings. The summed E-state index contributed by atoms with van der Waals surface area (Å²) in [6.07, 6.45) is 3.67. The van der Waals surface area contributed by atoms with Gasteiger partial charge >= 0.3 is 12.0 Å². The Balaban J connectivity index is 1.81. The molecule has 1 aliphatic carbocycles. The van der Waals surface area contributed by atoms with Gasteiger partial charge in [0.1, 0.15) is 0 Å². The Kier molecular flexibility index (Phi) is 4.75. The van der Waals surface area contributed by atoms with Crippen molar-refractivity contribution in [3.63, 3.8) is 0 Å². The number of hydrogen-bond donors (Lipinski definition) is 3. The van der Waals surface area contributed by atoms with E-state index in [0.29, 0.717) is 25.8 Å². The number of carboxylic acids is 1. The van der Waals surface area contributed by atoms with Gasteiger partial charge in [-0.05, 0) is 25.2 Å². The van der Waals surface area contributed by atoms with E-state index >= 15 is 0 Å². The van der Waals surface area contributed by atoms with E-state index in [1.54, 1.807) is 0 Å². The molecule has 0 aromatic rings. The molecule has 3 N–H and O–H groups in total. The molecular formula is C13H22N2O5S. The lowest BCUT2D eigenvalue weighted by molar-refractivity contribution is -0.138. The minimum Gasteiger partial charge on any atom is -0.481 e. The summed E-state index contributed by atoms with van der Waals surface area (Å²) in [5, 5.41) is 14.4. The normalized spacial score (nSPS) is 26.4.